The van der Waals surface area contributed by atoms with Crippen molar-refractivity contribution in [3.05, 3.63) is 59.2 Å². The van der Waals surface area contributed by atoms with E-state index in [1.54, 1.807) is 12.1 Å². The molecule has 4 heteroatoms. The summed E-state index contributed by atoms with van der Waals surface area (Å²) in [5.74, 6) is -0.396. The summed E-state index contributed by atoms with van der Waals surface area (Å²) in [4.78, 5) is 13.3. The molecule has 2 aromatic carbocycles. The van der Waals surface area contributed by atoms with E-state index in [4.69, 9.17) is 11.5 Å². The van der Waals surface area contributed by atoms with Gasteiger partial charge in [-0.05, 0) is 35.7 Å². The Kier molecular flexibility index (Phi) is 3.06. The summed E-state index contributed by atoms with van der Waals surface area (Å²) in [7, 11) is 0. The molecule has 102 valence electrons. The van der Waals surface area contributed by atoms with Crippen LogP contribution in [0.4, 0.5) is 11.4 Å². The van der Waals surface area contributed by atoms with Crippen LogP contribution in [-0.4, -0.2) is 12.5 Å². The van der Waals surface area contributed by atoms with E-state index in [-0.39, 0.29) is 0 Å². The number of carbonyl (C=O) groups excluding carboxylic acids is 1. The summed E-state index contributed by atoms with van der Waals surface area (Å²) in [6, 6.07) is 13.5. The minimum Gasteiger partial charge on any atom is -0.397 e. The molecule has 0 saturated carbocycles. The van der Waals surface area contributed by atoms with Crippen molar-refractivity contribution >= 4 is 17.3 Å². The summed E-state index contributed by atoms with van der Waals surface area (Å²) in [6.07, 6.45) is 1.03. The molecule has 4 N–H and O–H groups in total. The third-order valence-corrected chi connectivity index (χ3v) is 3.73. The number of primary amides is 1. The zero-order valence-electron chi connectivity index (χ0n) is 11.2. The fourth-order valence-corrected chi connectivity index (χ4v) is 2.72. The lowest BCUT2D eigenvalue weighted by molar-refractivity contribution is 0.100. The first-order chi connectivity index (χ1) is 9.65. The number of amides is 1. The second-order valence-electron chi connectivity index (χ2n) is 5.09. The number of nitrogen functional groups attached to an aromatic ring is 1. The molecule has 1 amide bonds. The molecular weight excluding hydrogens is 250 g/mol. The first-order valence-electron chi connectivity index (χ1n) is 6.66. The number of para-hydroxylation sites is 1. The minimum absolute atomic E-state index is 0.396. The summed E-state index contributed by atoms with van der Waals surface area (Å²) in [5, 5.41) is 0. The molecule has 1 heterocycles. The SMILES string of the molecule is NC(=O)c1ccc(CN2CCc3cccc(N)c32)cc1. The van der Waals surface area contributed by atoms with Gasteiger partial charge in [-0.1, -0.05) is 24.3 Å². The molecule has 0 unspecified atom stereocenters. The van der Waals surface area contributed by atoms with Gasteiger partial charge in [-0.3, -0.25) is 4.79 Å². The Bertz CT molecular complexity index is 649. The molecule has 1 aliphatic heterocycles. The third-order valence-electron chi connectivity index (χ3n) is 3.73. The van der Waals surface area contributed by atoms with Crippen LogP contribution in [-0.2, 0) is 13.0 Å². The highest BCUT2D eigenvalue weighted by atomic mass is 16.1. The number of hydrogen-bond acceptors (Lipinski definition) is 3. The molecule has 3 rings (SSSR count). The average molecular weight is 267 g/mol. The van der Waals surface area contributed by atoms with Crippen LogP contribution < -0.4 is 16.4 Å². The van der Waals surface area contributed by atoms with Crippen LogP contribution in [0.1, 0.15) is 21.5 Å². The van der Waals surface area contributed by atoms with E-state index < -0.39 is 5.91 Å². The molecule has 0 aromatic heterocycles. The number of benzene rings is 2. The van der Waals surface area contributed by atoms with Crippen LogP contribution in [0.25, 0.3) is 0 Å². The summed E-state index contributed by atoms with van der Waals surface area (Å²) in [6.45, 7) is 1.77. The maximum absolute atomic E-state index is 11.1. The van der Waals surface area contributed by atoms with Gasteiger partial charge in [0.1, 0.15) is 0 Å². The highest BCUT2D eigenvalue weighted by Gasteiger charge is 2.21. The molecule has 2 aromatic rings. The average Bonchev–Trinajstić information content (AvgIpc) is 2.84. The normalized spacial score (nSPS) is 13.3. The Labute approximate surface area is 118 Å². The van der Waals surface area contributed by atoms with Crippen LogP contribution in [0.5, 0.6) is 0 Å². The van der Waals surface area contributed by atoms with Gasteiger partial charge in [0, 0.05) is 18.7 Å². The summed E-state index contributed by atoms with van der Waals surface area (Å²) >= 11 is 0. The van der Waals surface area contributed by atoms with Gasteiger partial charge in [0.05, 0.1) is 11.4 Å². The predicted octanol–water partition coefficient (Wildman–Crippen LogP) is 1.93. The van der Waals surface area contributed by atoms with E-state index in [0.717, 1.165) is 36.4 Å². The zero-order valence-corrected chi connectivity index (χ0v) is 11.2. The van der Waals surface area contributed by atoms with Crippen molar-refractivity contribution in [2.45, 2.75) is 13.0 Å². The molecule has 4 nitrogen and oxygen atoms in total. The highest BCUT2D eigenvalue weighted by Crippen LogP contribution is 2.34. The largest absolute Gasteiger partial charge is 0.397 e. The van der Waals surface area contributed by atoms with Crippen LogP contribution in [0.15, 0.2) is 42.5 Å². The van der Waals surface area contributed by atoms with Gasteiger partial charge in [0.15, 0.2) is 0 Å². The predicted molar refractivity (Wildman–Crippen MR) is 80.6 cm³/mol. The van der Waals surface area contributed by atoms with Crippen molar-refractivity contribution in [2.75, 3.05) is 17.2 Å². The van der Waals surface area contributed by atoms with Crippen molar-refractivity contribution in [3.8, 4) is 0 Å². The molecule has 0 aliphatic carbocycles. The van der Waals surface area contributed by atoms with Gasteiger partial charge >= 0.3 is 0 Å². The lowest BCUT2D eigenvalue weighted by Crippen LogP contribution is -2.20. The molecule has 1 aliphatic rings. The Balaban J connectivity index is 1.82. The van der Waals surface area contributed by atoms with Crippen LogP contribution in [0.2, 0.25) is 0 Å². The summed E-state index contributed by atoms with van der Waals surface area (Å²) in [5.41, 5.74) is 16.3. The molecule has 0 radical (unpaired) electrons. The van der Waals surface area contributed by atoms with E-state index in [1.165, 1.54) is 5.56 Å². The monoisotopic (exact) mass is 267 g/mol. The highest BCUT2D eigenvalue weighted by molar-refractivity contribution is 5.92. The number of anilines is 2. The standard InChI is InChI=1S/C16H17N3O/c17-14-3-1-2-12-8-9-19(15(12)14)10-11-4-6-13(7-5-11)16(18)20/h1-7H,8-10,17H2,(H2,18,20). The fraction of sp³-hybridized carbons (Fsp3) is 0.188. The zero-order chi connectivity index (χ0) is 14.1. The van der Waals surface area contributed by atoms with Crippen molar-refractivity contribution in [3.63, 3.8) is 0 Å². The molecule has 0 bridgehead atoms. The van der Waals surface area contributed by atoms with Gasteiger partial charge in [0.25, 0.3) is 0 Å². The van der Waals surface area contributed by atoms with Gasteiger partial charge in [-0.25, -0.2) is 0 Å². The van der Waals surface area contributed by atoms with Crippen LogP contribution in [0.3, 0.4) is 0 Å². The number of rotatable bonds is 3. The number of nitrogens with zero attached hydrogens (tertiary/aromatic N) is 1. The molecule has 0 atom stereocenters. The Morgan fingerprint density at radius 3 is 2.60 bits per heavy atom. The Hall–Kier alpha value is -2.49. The Morgan fingerprint density at radius 1 is 1.15 bits per heavy atom. The molecule has 0 saturated heterocycles. The Morgan fingerprint density at radius 2 is 1.90 bits per heavy atom. The first kappa shape index (κ1) is 12.5. The van der Waals surface area contributed by atoms with E-state index >= 15 is 0 Å². The van der Waals surface area contributed by atoms with E-state index in [9.17, 15) is 4.79 Å². The molecule has 0 fully saturated rings. The van der Waals surface area contributed by atoms with Gasteiger partial charge < -0.3 is 16.4 Å². The van der Waals surface area contributed by atoms with Gasteiger partial charge in [-0.15, -0.1) is 0 Å². The van der Waals surface area contributed by atoms with Gasteiger partial charge in [-0.2, -0.15) is 0 Å². The second-order valence-corrected chi connectivity index (χ2v) is 5.09. The fourth-order valence-electron chi connectivity index (χ4n) is 2.72. The van der Waals surface area contributed by atoms with Crippen molar-refractivity contribution in [2.24, 2.45) is 5.73 Å². The number of hydrogen-bond donors (Lipinski definition) is 2. The quantitative estimate of drug-likeness (QED) is 0.835. The lowest BCUT2D eigenvalue weighted by atomic mass is 10.1. The molecular formula is C16H17N3O. The smallest absolute Gasteiger partial charge is 0.248 e. The van der Waals surface area contributed by atoms with E-state index in [2.05, 4.69) is 11.0 Å². The van der Waals surface area contributed by atoms with Crippen molar-refractivity contribution < 1.29 is 4.79 Å². The maximum Gasteiger partial charge on any atom is 0.248 e. The minimum atomic E-state index is -0.396. The maximum atomic E-state index is 11.1. The van der Waals surface area contributed by atoms with Crippen LogP contribution >= 0.6 is 0 Å². The van der Waals surface area contributed by atoms with E-state index in [1.807, 2.05) is 24.3 Å². The van der Waals surface area contributed by atoms with E-state index in [0.29, 0.717) is 5.56 Å². The van der Waals surface area contributed by atoms with Crippen molar-refractivity contribution in [1.29, 1.82) is 0 Å². The number of nitrogens with two attached hydrogens (primary N) is 2. The lowest BCUT2D eigenvalue weighted by Gasteiger charge is -2.21. The topological polar surface area (TPSA) is 72.4 Å². The van der Waals surface area contributed by atoms with Crippen LogP contribution in [0, 0.1) is 0 Å². The van der Waals surface area contributed by atoms with Gasteiger partial charge in [0.2, 0.25) is 5.91 Å². The number of carbonyl (C=O) groups is 1. The van der Waals surface area contributed by atoms with Crippen molar-refractivity contribution in [1.82, 2.24) is 0 Å². The molecule has 0 spiro atoms. The third kappa shape index (κ3) is 2.20. The second kappa shape index (κ2) is 4.89. The molecule has 20 heavy (non-hydrogen) atoms. The summed E-state index contributed by atoms with van der Waals surface area (Å²) < 4.78 is 0. The number of fused-ring (bicyclic) bond motifs is 1. The first-order valence-corrected chi connectivity index (χ1v) is 6.66.